The zero-order valence-electron chi connectivity index (χ0n) is 13.8. The molecule has 0 amide bonds. The van der Waals surface area contributed by atoms with E-state index in [1.54, 1.807) is 6.20 Å². The number of hydrogen-bond donors (Lipinski definition) is 0. The van der Waals surface area contributed by atoms with E-state index in [9.17, 15) is 0 Å². The maximum absolute atomic E-state index is 6.31. The quantitative estimate of drug-likeness (QED) is 0.477. The molecule has 2 rings (SSSR count). The van der Waals surface area contributed by atoms with Crippen molar-refractivity contribution >= 4 is 23.2 Å². The van der Waals surface area contributed by atoms with Crippen LogP contribution in [0.3, 0.4) is 0 Å². The largest absolute Gasteiger partial charge is 0.488 e. The molecule has 1 aliphatic carbocycles. The van der Waals surface area contributed by atoms with Crippen LogP contribution in [0.15, 0.2) is 30.0 Å². The van der Waals surface area contributed by atoms with Crippen LogP contribution < -0.4 is 4.74 Å². The number of hydrogen-bond acceptors (Lipinski definition) is 2. The van der Waals surface area contributed by atoms with E-state index in [0.717, 1.165) is 30.7 Å². The van der Waals surface area contributed by atoms with Crippen LogP contribution in [0.1, 0.15) is 46.2 Å². The second-order valence-electron chi connectivity index (χ2n) is 6.64. The molecule has 0 aromatic carbocycles. The van der Waals surface area contributed by atoms with E-state index < -0.39 is 4.33 Å². The Morgan fingerprint density at radius 1 is 1.36 bits per heavy atom. The Balaban J connectivity index is 1.74. The third-order valence-corrected chi connectivity index (χ3v) is 6.25. The molecule has 1 saturated carbocycles. The second kappa shape index (κ2) is 6.80. The third-order valence-electron chi connectivity index (χ3n) is 4.75. The van der Waals surface area contributed by atoms with Gasteiger partial charge in [-0.3, -0.25) is 4.98 Å². The van der Waals surface area contributed by atoms with Gasteiger partial charge < -0.3 is 4.74 Å². The van der Waals surface area contributed by atoms with Gasteiger partial charge in [0.2, 0.25) is 0 Å². The molecule has 1 atom stereocenters. The van der Waals surface area contributed by atoms with Gasteiger partial charge in [-0.25, -0.2) is 0 Å². The molecule has 0 bridgehead atoms. The Morgan fingerprint density at radius 3 is 2.55 bits per heavy atom. The van der Waals surface area contributed by atoms with Crippen molar-refractivity contribution in [3.8, 4) is 5.75 Å². The van der Waals surface area contributed by atoms with Crippen molar-refractivity contribution in [1.82, 2.24) is 4.98 Å². The summed E-state index contributed by atoms with van der Waals surface area (Å²) in [5.74, 6) is 1.18. The molecule has 1 heterocycles. The zero-order valence-corrected chi connectivity index (χ0v) is 15.3. The molecule has 1 unspecified atom stereocenters. The van der Waals surface area contributed by atoms with E-state index in [1.165, 1.54) is 5.57 Å². The number of halogens is 2. The van der Waals surface area contributed by atoms with Gasteiger partial charge in [-0.15, -0.1) is 23.2 Å². The lowest BCUT2D eigenvalue weighted by Gasteiger charge is -2.06. The first-order valence-corrected chi connectivity index (χ1v) is 8.65. The minimum Gasteiger partial charge on any atom is -0.488 e. The van der Waals surface area contributed by atoms with Crippen molar-refractivity contribution in [2.24, 2.45) is 11.3 Å². The molecule has 0 saturated heterocycles. The van der Waals surface area contributed by atoms with Crippen LogP contribution in [0.4, 0.5) is 0 Å². The summed E-state index contributed by atoms with van der Waals surface area (Å²) >= 11 is 12.6. The maximum Gasteiger partial charge on any atom is 0.138 e. The average molecular weight is 342 g/mol. The van der Waals surface area contributed by atoms with Crippen LogP contribution in [0, 0.1) is 11.3 Å². The lowest BCUT2D eigenvalue weighted by atomic mass is 10.0. The summed E-state index contributed by atoms with van der Waals surface area (Å²) in [4.78, 5) is 4.32. The van der Waals surface area contributed by atoms with Crippen molar-refractivity contribution in [2.45, 2.75) is 51.3 Å². The predicted octanol–water partition coefficient (Wildman–Crippen LogP) is 5.58. The van der Waals surface area contributed by atoms with Crippen molar-refractivity contribution < 1.29 is 4.74 Å². The molecular formula is C18H25Cl2NO. The molecule has 122 valence electrons. The Kier molecular flexibility index (Phi) is 5.45. The third kappa shape index (κ3) is 3.78. The Morgan fingerprint density at radius 2 is 2.05 bits per heavy atom. The Bertz CT molecular complexity index is 521. The fraction of sp³-hybridized carbons (Fsp3) is 0.611. The molecule has 2 nitrogen and oxygen atoms in total. The van der Waals surface area contributed by atoms with Gasteiger partial charge in [0.1, 0.15) is 16.7 Å². The normalized spacial score (nSPS) is 22.5. The van der Waals surface area contributed by atoms with Crippen LogP contribution in [0.5, 0.6) is 5.75 Å². The number of pyridine rings is 1. The lowest BCUT2D eigenvalue weighted by molar-refractivity contribution is 0.359. The van der Waals surface area contributed by atoms with Gasteiger partial charge in [0.15, 0.2) is 0 Å². The molecule has 0 N–H and O–H groups in total. The summed E-state index contributed by atoms with van der Waals surface area (Å²) in [6.07, 6.45) is 6.87. The highest BCUT2D eigenvalue weighted by Gasteiger charge is 2.69. The van der Waals surface area contributed by atoms with Crippen molar-refractivity contribution in [3.05, 3.63) is 35.7 Å². The smallest absolute Gasteiger partial charge is 0.138 e. The summed E-state index contributed by atoms with van der Waals surface area (Å²) in [6.45, 7) is 9.05. The predicted molar refractivity (Wildman–Crippen MR) is 93.8 cm³/mol. The molecular weight excluding hydrogens is 317 g/mol. The van der Waals surface area contributed by atoms with Crippen molar-refractivity contribution in [3.63, 3.8) is 0 Å². The molecule has 0 spiro atoms. The van der Waals surface area contributed by atoms with Crippen LogP contribution in [-0.4, -0.2) is 15.9 Å². The lowest BCUT2D eigenvalue weighted by Crippen LogP contribution is -1.97. The fourth-order valence-electron chi connectivity index (χ4n) is 2.76. The monoisotopic (exact) mass is 341 g/mol. The van der Waals surface area contributed by atoms with Gasteiger partial charge in [-0.1, -0.05) is 26.3 Å². The van der Waals surface area contributed by atoms with Crippen LogP contribution in [0.2, 0.25) is 0 Å². The summed E-state index contributed by atoms with van der Waals surface area (Å²) in [5.41, 5.74) is 2.42. The first-order valence-electron chi connectivity index (χ1n) is 7.90. The minimum absolute atomic E-state index is 0.0274. The SMILES string of the molecule is CCc1ccc(OCC=C(C)CCC2C(C)(C)C2(Cl)Cl)cn1. The van der Waals surface area contributed by atoms with Gasteiger partial charge in [-0.05, 0) is 44.4 Å². The van der Waals surface area contributed by atoms with Crippen LogP contribution in [0.25, 0.3) is 0 Å². The molecule has 1 fully saturated rings. The van der Waals surface area contributed by atoms with Gasteiger partial charge >= 0.3 is 0 Å². The maximum atomic E-state index is 6.31. The van der Waals surface area contributed by atoms with E-state index in [2.05, 4.69) is 38.8 Å². The Hall–Kier alpha value is -0.730. The van der Waals surface area contributed by atoms with E-state index in [0.29, 0.717) is 12.5 Å². The molecule has 1 aromatic heterocycles. The molecule has 0 aliphatic heterocycles. The van der Waals surface area contributed by atoms with Crippen molar-refractivity contribution in [1.29, 1.82) is 0 Å². The van der Waals surface area contributed by atoms with Gasteiger partial charge in [0, 0.05) is 17.0 Å². The van der Waals surface area contributed by atoms with Gasteiger partial charge in [-0.2, -0.15) is 0 Å². The molecule has 1 aliphatic rings. The summed E-state index contributed by atoms with van der Waals surface area (Å²) < 4.78 is 5.13. The standard InChI is InChI=1S/C18H25Cl2NO/c1-5-14-7-8-15(12-21-14)22-11-10-13(2)6-9-16-17(3,4)18(16,19)20/h7-8,10,12,16H,5-6,9,11H2,1-4H3. The van der Waals surface area contributed by atoms with Gasteiger partial charge in [0.25, 0.3) is 0 Å². The zero-order chi connectivity index (χ0) is 16.4. The summed E-state index contributed by atoms with van der Waals surface area (Å²) in [7, 11) is 0. The topological polar surface area (TPSA) is 22.1 Å². The van der Waals surface area contributed by atoms with E-state index in [4.69, 9.17) is 27.9 Å². The second-order valence-corrected chi connectivity index (χ2v) is 8.02. The summed E-state index contributed by atoms with van der Waals surface area (Å²) in [5, 5.41) is 0. The molecule has 4 heteroatoms. The highest BCUT2D eigenvalue weighted by atomic mass is 35.5. The number of nitrogens with zero attached hydrogens (tertiary/aromatic N) is 1. The Labute approximate surface area is 143 Å². The number of aromatic nitrogens is 1. The molecule has 22 heavy (non-hydrogen) atoms. The van der Waals surface area contributed by atoms with E-state index in [-0.39, 0.29) is 5.41 Å². The molecule has 0 radical (unpaired) electrons. The minimum atomic E-state index is -0.559. The average Bonchev–Trinajstić information content (AvgIpc) is 2.87. The number of rotatable bonds is 7. The van der Waals surface area contributed by atoms with Crippen LogP contribution >= 0.6 is 23.2 Å². The highest BCUT2D eigenvalue weighted by molar-refractivity contribution is 6.51. The number of allylic oxidation sites excluding steroid dienone is 1. The number of alkyl halides is 2. The fourth-order valence-corrected chi connectivity index (χ4v) is 3.68. The first kappa shape index (κ1) is 17.6. The van der Waals surface area contributed by atoms with E-state index >= 15 is 0 Å². The van der Waals surface area contributed by atoms with Gasteiger partial charge in [0.05, 0.1) is 6.20 Å². The highest BCUT2D eigenvalue weighted by Crippen LogP contribution is 2.70. The molecule has 1 aromatic rings. The van der Waals surface area contributed by atoms with Crippen molar-refractivity contribution in [2.75, 3.05) is 6.61 Å². The number of ether oxygens (including phenoxy) is 1. The summed E-state index contributed by atoms with van der Waals surface area (Å²) in [6, 6.07) is 3.97. The van der Waals surface area contributed by atoms with Crippen LogP contribution in [-0.2, 0) is 6.42 Å². The first-order chi connectivity index (χ1) is 10.3. The number of aryl methyl sites for hydroxylation is 1. The van der Waals surface area contributed by atoms with E-state index in [1.807, 2.05) is 12.1 Å².